The molecule has 0 saturated carbocycles. The van der Waals surface area contributed by atoms with Gasteiger partial charge in [-0.25, -0.2) is 4.68 Å². The van der Waals surface area contributed by atoms with Gasteiger partial charge in [0.25, 0.3) is 10.1 Å². The van der Waals surface area contributed by atoms with Crippen molar-refractivity contribution < 1.29 is 12.6 Å². The van der Waals surface area contributed by atoms with Crippen LogP contribution in [0.4, 0.5) is 5.69 Å². The van der Waals surface area contributed by atoms with Crippen molar-refractivity contribution >= 4 is 15.8 Å². The second-order valence-corrected chi connectivity index (χ2v) is 9.62. The molecule has 0 aliphatic carbocycles. The lowest BCUT2D eigenvalue weighted by Gasteiger charge is -2.25. The molecule has 0 radical (unpaired) electrons. The van der Waals surface area contributed by atoms with Gasteiger partial charge in [0.1, 0.15) is 12.7 Å². The van der Waals surface area contributed by atoms with Crippen molar-refractivity contribution in [1.82, 2.24) is 14.9 Å². The minimum absolute atomic E-state index is 0.148. The summed E-state index contributed by atoms with van der Waals surface area (Å²) < 4.78 is 31.9. The number of aromatic nitrogens is 3. The molecule has 0 aliphatic heterocycles. The second kappa shape index (κ2) is 10.5. The highest BCUT2D eigenvalue weighted by Crippen LogP contribution is 2.28. The Balaban J connectivity index is 1.61. The molecule has 0 N–H and O–H groups in total. The molecule has 0 unspecified atom stereocenters. The molecule has 0 aliphatic rings. The molecule has 0 atom stereocenters. The van der Waals surface area contributed by atoms with Gasteiger partial charge < -0.3 is 0 Å². The van der Waals surface area contributed by atoms with Crippen LogP contribution < -0.4 is 5.01 Å². The molecule has 35 heavy (non-hydrogen) atoms. The molecule has 0 amide bonds. The van der Waals surface area contributed by atoms with Crippen molar-refractivity contribution in [2.75, 3.05) is 11.6 Å². The van der Waals surface area contributed by atoms with E-state index < -0.39 is 10.1 Å². The van der Waals surface area contributed by atoms with Gasteiger partial charge in [-0.1, -0.05) is 37.3 Å². The average molecular weight is 488 g/mol. The fourth-order valence-corrected chi connectivity index (χ4v) is 4.64. The lowest BCUT2D eigenvalue weighted by atomic mass is 9.99. The maximum atomic E-state index is 12.5. The fourth-order valence-electron chi connectivity index (χ4n) is 3.63. The van der Waals surface area contributed by atoms with Crippen molar-refractivity contribution in [1.29, 1.82) is 5.26 Å². The van der Waals surface area contributed by atoms with Crippen LogP contribution in [-0.2, 0) is 20.8 Å². The first kappa shape index (κ1) is 24.1. The molecule has 3 aromatic carbocycles. The standard InChI is InChI=1S/C26H25N5O3S/c1-3-14-34-35(32,33)25-13-4-20(2)26(15-25)23-9-5-22(6-10-23)17-31(30-18-28-29-19-30)24-11-7-21(16-27)8-12-24/h4-13,15,18-19H,3,14,17H2,1-2H3. The zero-order valence-electron chi connectivity index (χ0n) is 19.5. The predicted octanol–water partition coefficient (Wildman–Crippen LogP) is 4.71. The van der Waals surface area contributed by atoms with E-state index in [0.29, 0.717) is 18.5 Å². The molecule has 4 rings (SSSR count). The number of rotatable bonds is 9. The van der Waals surface area contributed by atoms with Gasteiger partial charge >= 0.3 is 0 Å². The van der Waals surface area contributed by atoms with E-state index in [2.05, 4.69) is 16.3 Å². The number of nitriles is 1. The third-order valence-electron chi connectivity index (χ3n) is 5.52. The SMILES string of the molecule is CCCOS(=O)(=O)c1ccc(C)c(-c2ccc(CN(c3ccc(C#N)cc3)n3cnnc3)cc2)c1. The highest BCUT2D eigenvalue weighted by molar-refractivity contribution is 7.86. The maximum Gasteiger partial charge on any atom is 0.296 e. The summed E-state index contributed by atoms with van der Waals surface area (Å²) in [7, 11) is -3.80. The number of aryl methyl sites for hydroxylation is 1. The van der Waals surface area contributed by atoms with E-state index in [4.69, 9.17) is 9.44 Å². The number of benzene rings is 3. The highest BCUT2D eigenvalue weighted by atomic mass is 32.2. The van der Waals surface area contributed by atoms with E-state index in [1.165, 1.54) is 0 Å². The van der Waals surface area contributed by atoms with E-state index in [0.717, 1.165) is 27.9 Å². The van der Waals surface area contributed by atoms with E-state index in [1.807, 2.05) is 55.3 Å². The van der Waals surface area contributed by atoms with Gasteiger partial charge in [0, 0.05) is 0 Å². The second-order valence-electron chi connectivity index (χ2n) is 8.01. The quantitative estimate of drug-likeness (QED) is 0.315. The topological polar surface area (TPSA) is 101 Å². The summed E-state index contributed by atoms with van der Waals surface area (Å²) in [6, 6.07) is 22.4. The summed E-state index contributed by atoms with van der Waals surface area (Å²) in [4.78, 5) is 0.148. The normalized spacial score (nSPS) is 11.2. The Morgan fingerprint density at radius 1 is 1.00 bits per heavy atom. The van der Waals surface area contributed by atoms with Crippen LogP contribution in [0.2, 0.25) is 0 Å². The van der Waals surface area contributed by atoms with Gasteiger partial charge in [0.05, 0.1) is 35.4 Å². The minimum atomic E-state index is -3.80. The van der Waals surface area contributed by atoms with Crippen LogP contribution in [0.15, 0.2) is 84.3 Å². The van der Waals surface area contributed by atoms with Gasteiger partial charge in [-0.05, 0) is 72.0 Å². The Morgan fingerprint density at radius 3 is 2.31 bits per heavy atom. The van der Waals surface area contributed by atoms with Crippen molar-refractivity contribution in [2.45, 2.75) is 31.7 Å². The van der Waals surface area contributed by atoms with Crippen LogP contribution in [0.5, 0.6) is 0 Å². The molecule has 0 fully saturated rings. The number of nitrogens with zero attached hydrogens (tertiary/aromatic N) is 5. The largest absolute Gasteiger partial charge is 0.296 e. The van der Waals surface area contributed by atoms with Crippen molar-refractivity contribution in [3.05, 3.63) is 96.1 Å². The summed E-state index contributed by atoms with van der Waals surface area (Å²) in [5, 5.41) is 18.9. The Morgan fingerprint density at radius 2 is 1.69 bits per heavy atom. The summed E-state index contributed by atoms with van der Waals surface area (Å²) in [6.45, 7) is 4.50. The van der Waals surface area contributed by atoms with E-state index in [9.17, 15) is 8.42 Å². The lowest BCUT2D eigenvalue weighted by Crippen LogP contribution is -2.27. The molecule has 9 heteroatoms. The fraction of sp³-hybridized carbons (Fsp3) is 0.192. The minimum Gasteiger partial charge on any atom is -0.274 e. The summed E-state index contributed by atoms with van der Waals surface area (Å²) in [5.74, 6) is 0. The summed E-state index contributed by atoms with van der Waals surface area (Å²) in [6.07, 6.45) is 3.85. The van der Waals surface area contributed by atoms with Crippen LogP contribution in [-0.4, -0.2) is 29.9 Å². The molecule has 8 nitrogen and oxygen atoms in total. The first-order valence-corrected chi connectivity index (χ1v) is 12.5. The number of hydrogen-bond acceptors (Lipinski definition) is 7. The lowest BCUT2D eigenvalue weighted by molar-refractivity contribution is 0.318. The average Bonchev–Trinajstić information content (AvgIpc) is 3.41. The van der Waals surface area contributed by atoms with Crippen molar-refractivity contribution in [3.8, 4) is 17.2 Å². The van der Waals surface area contributed by atoms with E-state index >= 15 is 0 Å². The highest BCUT2D eigenvalue weighted by Gasteiger charge is 2.17. The van der Waals surface area contributed by atoms with E-state index in [1.54, 1.807) is 47.7 Å². The number of anilines is 1. The van der Waals surface area contributed by atoms with Gasteiger partial charge in [-0.15, -0.1) is 10.2 Å². The Hall–Kier alpha value is -4.00. The molecule has 1 heterocycles. The first-order valence-electron chi connectivity index (χ1n) is 11.1. The molecular formula is C26H25N5O3S. The Kier molecular flexibility index (Phi) is 7.25. The van der Waals surface area contributed by atoms with Crippen LogP contribution in [0.3, 0.4) is 0 Å². The van der Waals surface area contributed by atoms with E-state index in [-0.39, 0.29) is 11.5 Å². The Labute approximate surface area is 205 Å². The molecular weight excluding hydrogens is 462 g/mol. The predicted molar refractivity (Wildman–Crippen MR) is 133 cm³/mol. The van der Waals surface area contributed by atoms with Crippen LogP contribution in [0.25, 0.3) is 11.1 Å². The van der Waals surface area contributed by atoms with Crippen LogP contribution in [0.1, 0.15) is 30.0 Å². The van der Waals surface area contributed by atoms with Gasteiger partial charge in [0.15, 0.2) is 0 Å². The van der Waals surface area contributed by atoms with Crippen molar-refractivity contribution in [2.24, 2.45) is 0 Å². The summed E-state index contributed by atoms with van der Waals surface area (Å²) in [5.41, 5.74) is 5.21. The zero-order chi connectivity index (χ0) is 24.8. The summed E-state index contributed by atoms with van der Waals surface area (Å²) >= 11 is 0. The third-order valence-corrected chi connectivity index (χ3v) is 6.83. The molecule has 0 saturated heterocycles. The molecule has 0 bridgehead atoms. The number of hydrogen-bond donors (Lipinski definition) is 0. The molecule has 178 valence electrons. The van der Waals surface area contributed by atoms with Crippen molar-refractivity contribution in [3.63, 3.8) is 0 Å². The first-order chi connectivity index (χ1) is 16.9. The maximum absolute atomic E-state index is 12.5. The molecule has 4 aromatic rings. The smallest absolute Gasteiger partial charge is 0.274 e. The third kappa shape index (κ3) is 5.57. The Bertz CT molecular complexity index is 1430. The van der Waals surface area contributed by atoms with Gasteiger partial charge in [-0.3, -0.25) is 9.19 Å². The molecule has 0 spiro atoms. The van der Waals surface area contributed by atoms with Gasteiger partial charge in [0.2, 0.25) is 0 Å². The molecule has 1 aromatic heterocycles. The van der Waals surface area contributed by atoms with Crippen LogP contribution >= 0.6 is 0 Å². The monoisotopic (exact) mass is 487 g/mol. The van der Waals surface area contributed by atoms with Gasteiger partial charge in [-0.2, -0.15) is 13.7 Å². The van der Waals surface area contributed by atoms with Crippen LogP contribution in [0, 0.1) is 18.3 Å². The zero-order valence-corrected chi connectivity index (χ0v) is 20.3.